The van der Waals surface area contributed by atoms with Crippen molar-refractivity contribution in [3.63, 3.8) is 0 Å². The molecule has 2 N–H and O–H groups in total. The van der Waals surface area contributed by atoms with Gasteiger partial charge in [0.15, 0.2) is 0 Å². The van der Waals surface area contributed by atoms with Gasteiger partial charge in [-0.25, -0.2) is 9.37 Å². The molecule has 0 spiro atoms. The number of hydrogen-bond donors (Lipinski definition) is 2. The monoisotopic (exact) mass is 467 g/mol. The lowest BCUT2D eigenvalue weighted by Gasteiger charge is -2.39. The molecule has 3 heterocycles. The number of benzene rings is 2. The number of nitrogens with one attached hydrogen (secondary N) is 1. The SMILES string of the molecule is CN1CCC(C(=O)N2CCN(c3ccc(F)c(-c4nc5ccccc5[nH]4)c3)CC2)CC1.O=CO. The molecule has 2 fully saturated rings. The Balaban J connectivity index is 0.000000868. The highest BCUT2D eigenvalue weighted by Gasteiger charge is 2.29. The Labute approximate surface area is 198 Å². The number of aromatic nitrogens is 2. The van der Waals surface area contributed by atoms with Crippen LogP contribution in [0.1, 0.15) is 12.8 Å². The van der Waals surface area contributed by atoms with E-state index in [1.165, 1.54) is 6.07 Å². The fourth-order valence-electron chi connectivity index (χ4n) is 4.67. The molecule has 8 nitrogen and oxygen atoms in total. The normalized spacial score (nSPS) is 17.4. The van der Waals surface area contributed by atoms with Crippen molar-refractivity contribution >= 4 is 29.1 Å². The van der Waals surface area contributed by atoms with Crippen LogP contribution in [0, 0.1) is 11.7 Å². The number of imidazole rings is 1. The standard InChI is InChI=1S/C24H28FN5O.CH2O2/c1-28-10-8-17(9-11-28)24(31)30-14-12-29(13-15-30)18-6-7-20(25)19(16-18)23-26-21-4-2-3-5-22(21)27-23;2-1-3/h2-7,16-17H,8-15H2,1H3,(H,26,27);1H,(H,2,3). The van der Waals surface area contributed by atoms with Gasteiger partial charge in [0, 0.05) is 37.8 Å². The summed E-state index contributed by atoms with van der Waals surface area (Å²) in [5, 5.41) is 6.89. The number of piperazine rings is 1. The van der Waals surface area contributed by atoms with Crippen LogP contribution in [0.5, 0.6) is 0 Å². The first-order chi connectivity index (χ1) is 16.5. The van der Waals surface area contributed by atoms with Crippen molar-refractivity contribution in [1.82, 2.24) is 19.8 Å². The van der Waals surface area contributed by atoms with Gasteiger partial charge in [0.05, 0.1) is 16.6 Å². The van der Waals surface area contributed by atoms with Crippen molar-refractivity contribution in [2.75, 3.05) is 51.2 Å². The van der Waals surface area contributed by atoms with Gasteiger partial charge in [0.1, 0.15) is 11.6 Å². The molecule has 0 unspecified atom stereocenters. The fourth-order valence-corrected chi connectivity index (χ4v) is 4.67. The van der Waals surface area contributed by atoms with E-state index in [0.29, 0.717) is 30.4 Å². The maximum absolute atomic E-state index is 14.6. The average Bonchev–Trinajstić information content (AvgIpc) is 3.29. The molecule has 0 bridgehead atoms. The minimum Gasteiger partial charge on any atom is -0.483 e. The van der Waals surface area contributed by atoms with Crippen LogP contribution in [0.3, 0.4) is 0 Å². The van der Waals surface area contributed by atoms with Crippen LogP contribution < -0.4 is 4.90 Å². The Morgan fingerprint density at radius 1 is 1.09 bits per heavy atom. The van der Waals surface area contributed by atoms with Crippen molar-refractivity contribution in [2.45, 2.75) is 12.8 Å². The van der Waals surface area contributed by atoms with Gasteiger partial charge in [0.25, 0.3) is 6.47 Å². The number of piperidine rings is 1. The molecule has 0 radical (unpaired) electrons. The van der Waals surface area contributed by atoms with Crippen LogP contribution >= 0.6 is 0 Å². The highest BCUT2D eigenvalue weighted by atomic mass is 19.1. The van der Waals surface area contributed by atoms with Crippen LogP contribution in [-0.4, -0.2) is 83.6 Å². The maximum atomic E-state index is 14.6. The summed E-state index contributed by atoms with van der Waals surface area (Å²) in [6.45, 7) is 4.67. The summed E-state index contributed by atoms with van der Waals surface area (Å²) in [7, 11) is 2.11. The minimum absolute atomic E-state index is 0.160. The number of halogens is 1. The number of anilines is 1. The molecule has 180 valence electrons. The quantitative estimate of drug-likeness (QED) is 0.575. The van der Waals surface area contributed by atoms with Gasteiger partial charge in [-0.3, -0.25) is 9.59 Å². The summed E-state index contributed by atoms with van der Waals surface area (Å²) in [4.78, 5) is 35.6. The molecular weight excluding hydrogens is 437 g/mol. The molecule has 0 saturated carbocycles. The largest absolute Gasteiger partial charge is 0.483 e. The number of rotatable bonds is 3. The number of amides is 1. The molecule has 5 rings (SSSR count). The molecule has 1 aromatic heterocycles. The number of nitrogens with zero attached hydrogens (tertiary/aromatic N) is 4. The van der Waals surface area contributed by atoms with Crippen molar-refractivity contribution in [2.24, 2.45) is 5.92 Å². The summed E-state index contributed by atoms with van der Waals surface area (Å²) in [5.41, 5.74) is 3.15. The summed E-state index contributed by atoms with van der Waals surface area (Å²) in [5.74, 6) is 0.707. The zero-order valence-corrected chi connectivity index (χ0v) is 19.3. The lowest BCUT2D eigenvalue weighted by Crippen LogP contribution is -2.51. The van der Waals surface area contributed by atoms with Crippen LogP contribution in [0.25, 0.3) is 22.4 Å². The van der Waals surface area contributed by atoms with Crippen molar-refractivity contribution in [3.8, 4) is 11.4 Å². The molecule has 9 heteroatoms. The van der Waals surface area contributed by atoms with Crippen LogP contribution in [-0.2, 0) is 9.59 Å². The molecular formula is C25H30FN5O3. The van der Waals surface area contributed by atoms with Gasteiger partial charge < -0.3 is 24.8 Å². The van der Waals surface area contributed by atoms with E-state index in [4.69, 9.17) is 9.90 Å². The third-order valence-corrected chi connectivity index (χ3v) is 6.62. The molecule has 0 atom stereocenters. The summed E-state index contributed by atoms with van der Waals surface area (Å²) >= 11 is 0. The predicted molar refractivity (Wildman–Crippen MR) is 129 cm³/mol. The van der Waals surface area contributed by atoms with Crippen molar-refractivity contribution < 1.29 is 19.1 Å². The first-order valence-corrected chi connectivity index (χ1v) is 11.5. The number of H-pyrrole nitrogens is 1. The Kier molecular flexibility index (Phi) is 7.42. The Morgan fingerprint density at radius 2 is 1.76 bits per heavy atom. The summed E-state index contributed by atoms with van der Waals surface area (Å²) in [6.07, 6.45) is 1.91. The maximum Gasteiger partial charge on any atom is 0.290 e. The first kappa shape index (κ1) is 23.7. The van der Waals surface area contributed by atoms with Gasteiger partial charge in [-0.05, 0) is 63.3 Å². The lowest BCUT2D eigenvalue weighted by molar-refractivity contribution is -0.137. The molecule has 0 aliphatic carbocycles. The number of hydrogen-bond acceptors (Lipinski definition) is 5. The number of aromatic amines is 1. The van der Waals surface area contributed by atoms with Crippen molar-refractivity contribution in [3.05, 3.63) is 48.3 Å². The van der Waals surface area contributed by atoms with E-state index < -0.39 is 0 Å². The number of fused-ring (bicyclic) bond motifs is 1. The van der Waals surface area contributed by atoms with Crippen LogP contribution in [0.2, 0.25) is 0 Å². The fraction of sp³-hybridized carbons (Fsp3) is 0.400. The molecule has 34 heavy (non-hydrogen) atoms. The van der Waals surface area contributed by atoms with E-state index in [1.54, 1.807) is 0 Å². The third kappa shape index (κ3) is 5.20. The number of likely N-dealkylation sites (tertiary alicyclic amines) is 1. The van der Waals surface area contributed by atoms with E-state index in [0.717, 1.165) is 55.7 Å². The zero-order chi connectivity index (χ0) is 24.1. The molecule has 2 aromatic carbocycles. The number of para-hydroxylation sites is 2. The molecule has 1 amide bonds. The molecule has 3 aromatic rings. The van der Waals surface area contributed by atoms with E-state index in [1.807, 2.05) is 41.3 Å². The number of carbonyl (C=O) groups excluding carboxylic acids is 1. The minimum atomic E-state index is -0.293. The lowest BCUT2D eigenvalue weighted by atomic mass is 9.95. The van der Waals surface area contributed by atoms with E-state index in [2.05, 4.69) is 26.8 Å². The van der Waals surface area contributed by atoms with Gasteiger partial charge >= 0.3 is 0 Å². The van der Waals surface area contributed by atoms with Gasteiger partial charge in [0.2, 0.25) is 5.91 Å². The highest BCUT2D eigenvalue weighted by Crippen LogP contribution is 2.29. The van der Waals surface area contributed by atoms with Crippen LogP contribution in [0.15, 0.2) is 42.5 Å². The first-order valence-electron chi connectivity index (χ1n) is 11.5. The van der Waals surface area contributed by atoms with Gasteiger partial charge in [-0.15, -0.1) is 0 Å². The summed E-state index contributed by atoms with van der Waals surface area (Å²) < 4.78 is 14.6. The van der Waals surface area contributed by atoms with E-state index in [-0.39, 0.29) is 18.2 Å². The summed E-state index contributed by atoms with van der Waals surface area (Å²) in [6, 6.07) is 12.9. The van der Waals surface area contributed by atoms with Crippen LogP contribution in [0.4, 0.5) is 10.1 Å². The third-order valence-electron chi connectivity index (χ3n) is 6.62. The van der Waals surface area contributed by atoms with E-state index >= 15 is 0 Å². The second-order valence-corrected chi connectivity index (χ2v) is 8.76. The topological polar surface area (TPSA) is 92.8 Å². The smallest absolute Gasteiger partial charge is 0.290 e. The van der Waals surface area contributed by atoms with Crippen molar-refractivity contribution in [1.29, 1.82) is 0 Å². The second kappa shape index (κ2) is 10.6. The highest BCUT2D eigenvalue weighted by molar-refractivity contribution is 5.80. The van der Waals surface area contributed by atoms with E-state index in [9.17, 15) is 9.18 Å². The molecule has 2 saturated heterocycles. The zero-order valence-electron chi connectivity index (χ0n) is 19.3. The Bertz CT molecular complexity index is 1100. The van der Waals surface area contributed by atoms with Gasteiger partial charge in [-0.2, -0.15) is 0 Å². The number of carboxylic acid groups (broad SMARTS) is 1. The molecule has 2 aliphatic heterocycles. The number of carbonyl (C=O) groups is 2. The second-order valence-electron chi connectivity index (χ2n) is 8.76. The average molecular weight is 468 g/mol. The Morgan fingerprint density at radius 3 is 2.44 bits per heavy atom. The predicted octanol–water partition coefficient (Wildman–Crippen LogP) is 3.06. The van der Waals surface area contributed by atoms with Gasteiger partial charge in [-0.1, -0.05) is 12.1 Å². The Hall–Kier alpha value is -3.46. The molecule has 2 aliphatic rings.